The molecule has 0 amide bonds. The van der Waals surface area contributed by atoms with Gasteiger partial charge in [0.05, 0.1) is 10.6 Å². The second-order valence-corrected chi connectivity index (χ2v) is 6.13. The number of hydrogen-bond donors (Lipinski definition) is 1. The minimum Gasteiger partial charge on any atom is -0.478 e. The van der Waals surface area contributed by atoms with Crippen molar-refractivity contribution >= 4 is 17.7 Å². The Balaban J connectivity index is 2.06. The third kappa shape index (κ3) is 7.53. The van der Waals surface area contributed by atoms with Crippen LogP contribution in [0.3, 0.4) is 0 Å². The summed E-state index contributed by atoms with van der Waals surface area (Å²) in [6.07, 6.45) is 12.1. The van der Waals surface area contributed by atoms with Crippen LogP contribution in [0.2, 0.25) is 0 Å². The van der Waals surface area contributed by atoms with Crippen LogP contribution in [-0.2, 0) is 0 Å². The number of pyridine rings is 1. The van der Waals surface area contributed by atoms with Crippen molar-refractivity contribution in [3.05, 3.63) is 23.9 Å². The van der Waals surface area contributed by atoms with Crippen molar-refractivity contribution in [1.29, 1.82) is 0 Å². The van der Waals surface area contributed by atoms with Gasteiger partial charge in [0.15, 0.2) is 0 Å². The molecule has 0 fully saturated rings. The zero-order valence-corrected chi connectivity index (χ0v) is 13.1. The van der Waals surface area contributed by atoms with E-state index >= 15 is 0 Å². The Bertz CT molecular complexity index is 396. The Morgan fingerprint density at radius 1 is 1.15 bits per heavy atom. The minimum atomic E-state index is -0.888. The average Bonchev–Trinajstić information content (AvgIpc) is 2.46. The normalized spacial score (nSPS) is 10.7. The Kier molecular flexibility index (Phi) is 9.13. The summed E-state index contributed by atoms with van der Waals surface area (Å²) in [7, 11) is 0. The first-order chi connectivity index (χ1) is 9.74. The molecule has 0 unspecified atom stereocenters. The Morgan fingerprint density at radius 2 is 1.80 bits per heavy atom. The van der Waals surface area contributed by atoms with Gasteiger partial charge in [-0.15, -0.1) is 11.8 Å². The largest absolute Gasteiger partial charge is 0.478 e. The van der Waals surface area contributed by atoms with Crippen LogP contribution >= 0.6 is 11.8 Å². The Hall–Kier alpha value is -1.03. The monoisotopic (exact) mass is 295 g/mol. The van der Waals surface area contributed by atoms with Crippen molar-refractivity contribution in [3.63, 3.8) is 0 Å². The first-order valence-corrected chi connectivity index (χ1v) is 8.54. The molecule has 0 aromatic carbocycles. The number of carboxylic acids is 1. The molecule has 0 aliphatic carbocycles. The van der Waals surface area contributed by atoms with Crippen LogP contribution in [0.4, 0.5) is 0 Å². The summed E-state index contributed by atoms with van der Waals surface area (Å²) in [5.41, 5.74) is 0.318. The molecule has 0 saturated heterocycles. The molecule has 20 heavy (non-hydrogen) atoms. The van der Waals surface area contributed by atoms with E-state index in [4.69, 9.17) is 5.11 Å². The van der Waals surface area contributed by atoms with Crippen molar-refractivity contribution in [2.45, 2.75) is 63.3 Å². The smallest absolute Gasteiger partial charge is 0.335 e. The van der Waals surface area contributed by atoms with E-state index in [0.29, 0.717) is 5.56 Å². The highest BCUT2D eigenvalue weighted by molar-refractivity contribution is 7.99. The Labute approximate surface area is 126 Å². The summed E-state index contributed by atoms with van der Waals surface area (Å²) in [6, 6.07) is 3.18. The van der Waals surface area contributed by atoms with Crippen LogP contribution in [0.25, 0.3) is 0 Å². The van der Waals surface area contributed by atoms with Gasteiger partial charge in [-0.05, 0) is 24.3 Å². The highest BCUT2D eigenvalue weighted by Crippen LogP contribution is 2.19. The summed E-state index contributed by atoms with van der Waals surface area (Å²) < 4.78 is 0. The summed E-state index contributed by atoms with van der Waals surface area (Å²) in [4.78, 5) is 15.0. The van der Waals surface area contributed by atoms with E-state index in [-0.39, 0.29) is 0 Å². The van der Waals surface area contributed by atoms with Gasteiger partial charge in [0, 0.05) is 6.20 Å². The number of hydrogen-bond acceptors (Lipinski definition) is 3. The number of thioether (sulfide) groups is 1. The first-order valence-electron chi connectivity index (χ1n) is 7.56. The molecule has 1 aromatic heterocycles. The van der Waals surface area contributed by atoms with Crippen LogP contribution in [0.5, 0.6) is 0 Å². The number of carboxylic acid groups (broad SMARTS) is 1. The molecule has 1 N–H and O–H groups in total. The standard InChI is InChI=1S/C16H25NO2S/c1-2-3-4-5-6-7-8-9-12-20-15-13-14(16(18)19)10-11-17-15/h10-11,13H,2-9,12H2,1H3,(H,18,19). The highest BCUT2D eigenvalue weighted by atomic mass is 32.2. The number of rotatable bonds is 11. The fourth-order valence-corrected chi connectivity index (χ4v) is 2.94. The van der Waals surface area contributed by atoms with Gasteiger partial charge in [-0.25, -0.2) is 9.78 Å². The van der Waals surface area contributed by atoms with Gasteiger partial charge in [0.1, 0.15) is 0 Å². The molecule has 0 aliphatic rings. The van der Waals surface area contributed by atoms with Gasteiger partial charge in [-0.2, -0.15) is 0 Å². The van der Waals surface area contributed by atoms with Gasteiger partial charge in [0.2, 0.25) is 0 Å². The molecule has 0 aliphatic heterocycles. The third-order valence-electron chi connectivity index (χ3n) is 3.23. The molecule has 0 radical (unpaired) electrons. The van der Waals surface area contributed by atoms with E-state index < -0.39 is 5.97 Å². The maximum absolute atomic E-state index is 10.8. The molecule has 0 atom stereocenters. The summed E-state index contributed by atoms with van der Waals surface area (Å²) >= 11 is 1.65. The van der Waals surface area contributed by atoms with Crippen LogP contribution in [0.15, 0.2) is 23.4 Å². The molecule has 0 spiro atoms. The number of carbonyl (C=O) groups is 1. The number of aromatic carboxylic acids is 1. The molecule has 1 aromatic rings. The van der Waals surface area contributed by atoms with Crippen LogP contribution in [0, 0.1) is 0 Å². The lowest BCUT2D eigenvalue weighted by Crippen LogP contribution is -1.96. The molecule has 112 valence electrons. The molecule has 4 heteroatoms. The van der Waals surface area contributed by atoms with E-state index in [1.54, 1.807) is 24.0 Å². The minimum absolute atomic E-state index is 0.318. The fraction of sp³-hybridized carbons (Fsp3) is 0.625. The van der Waals surface area contributed by atoms with Crippen LogP contribution in [-0.4, -0.2) is 21.8 Å². The summed E-state index contributed by atoms with van der Waals surface area (Å²) in [6.45, 7) is 2.24. The average molecular weight is 295 g/mol. The second kappa shape index (κ2) is 10.7. The molecule has 0 bridgehead atoms. The number of nitrogens with zero attached hydrogens (tertiary/aromatic N) is 1. The van der Waals surface area contributed by atoms with E-state index in [1.165, 1.54) is 57.4 Å². The summed E-state index contributed by atoms with van der Waals surface area (Å²) in [5.74, 6) is 0.131. The third-order valence-corrected chi connectivity index (χ3v) is 4.24. The molecular formula is C16H25NO2S. The van der Waals surface area contributed by atoms with E-state index in [1.807, 2.05) is 0 Å². The van der Waals surface area contributed by atoms with Gasteiger partial charge >= 0.3 is 5.97 Å². The highest BCUT2D eigenvalue weighted by Gasteiger charge is 2.04. The molecule has 3 nitrogen and oxygen atoms in total. The van der Waals surface area contributed by atoms with Crippen molar-refractivity contribution in [2.24, 2.45) is 0 Å². The summed E-state index contributed by atoms with van der Waals surface area (Å²) in [5, 5.41) is 9.72. The lowest BCUT2D eigenvalue weighted by molar-refractivity contribution is 0.0696. The number of unbranched alkanes of at least 4 members (excludes halogenated alkanes) is 7. The van der Waals surface area contributed by atoms with E-state index in [0.717, 1.165) is 10.8 Å². The zero-order valence-electron chi connectivity index (χ0n) is 12.3. The maximum atomic E-state index is 10.8. The molecule has 1 rings (SSSR count). The Morgan fingerprint density at radius 3 is 2.45 bits per heavy atom. The van der Waals surface area contributed by atoms with E-state index in [9.17, 15) is 4.79 Å². The molecular weight excluding hydrogens is 270 g/mol. The van der Waals surface area contributed by atoms with Gasteiger partial charge in [-0.3, -0.25) is 0 Å². The first kappa shape index (κ1) is 17.0. The topological polar surface area (TPSA) is 50.2 Å². The predicted molar refractivity (Wildman–Crippen MR) is 84.5 cm³/mol. The van der Waals surface area contributed by atoms with Crippen molar-refractivity contribution in [3.8, 4) is 0 Å². The van der Waals surface area contributed by atoms with Gasteiger partial charge in [0.25, 0.3) is 0 Å². The van der Waals surface area contributed by atoms with Gasteiger partial charge < -0.3 is 5.11 Å². The molecule has 1 heterocycles. The van der Waals surface area contributed by atoms with Crippen molar-refractivity contribution < 1.29 is 9.90 Å². The van der Waals surface area contributed by atoms with Crippen LogP contribution < -0.4 is 0 Å². The van der Waals surface area contributed by atoms with E-state index in [2.05, 4.69) is 11.9 Å². The lowest BCUT2D eigenvalue weighted by Gasteiger charge is -2.03. The quantitative estimate of drug-likeness (QED) is 0.460. The maximum Gasteiger partial charge on any atom is 0.335 e. The van der Waals surface area contributed by atoms with Crippen molar-refractivity contribution in [2.75, 3.05) is 5.75 Å². The second-order valence-electron chi connectivity index (χ2n) is 5.01. The SMILES string of the molecule is CCCCCCCCCCSc1cc(C(=O)O)ccn1. The van der Waals surface area contributed by atoms with Crippen molar-refractivity contribution in [1.82, 2.24) is 4.98 Å². The van der Waals surface area contributed by atoms with Gasteiger partial charge in [-0.1, -0.05) is 51.9 Å². The molecule has 0 saturated carbocycles. The number of aromatic nitrogens is 1. The fourth-order valence-electron chi connectivity index (χ4n) is 2.03. The lowest BCUT2D eigenvalue weighted by atomic mass is 10.1. The predicted octanol–water partition coefficient (Wildman–Crippen LogP) is 5.01. The van der Waals surface area contributed by atoms with Crippen LogP contribution in [0.1, 0.15) is 68.6 Å². The zero-order chi connectivity index (χ0) is 14.6.